The summed E-state index contributed by atoms with van der Waals surface area (Å²) in [5, 5.41) is 11.5. The van der Waals surface area contributed by atoms with Gasteiger partial charge in [-0.1, -0.05) is 41.5 Å². The van der Waals surface area contributed by atoms with Crippen molar-refractivity contribution in [2.75, 3.05) is 6.26 Å². The van der Waals surface area contributed by atoms with E-state index in [1.165, 1.54) is 0 Å². The highest BCUT2D eigenvalue weighted by Gasteiger charge is 2.28. The van der Waals surface area contributed by atoms with Crippen molar-refractivity contribution in [1.29, 1.82) is 0 Å². The van der Waals surface area contributed by atoms with Crippen molar-refractivity contribution in [1.82, 2.24) is 4.57 Å². The number of rotatable bonds is 4. The highest BCUT2D eigenvalue weighted by Crippen LogP contribution is 2.40. The SMILES string of the molecule is CCn1cc(C(=O)c2cc(C(C)(C)C)c(O)c(C(C)(C)C)c2)cc1[S+](C)[O-]. The fourth-order valence-electron chi connectivity index (χ4n) is 3.18. The molecule has 0 saturated heterocycles. The Morgan fingerprint density at radius 2 is 1.52 bits per heavy atom. The molecule has 1 aromatic carbocycles. The first-order valence-corrected chi connectivity index (χ1v) is 10.8. The zero-order chi connectivity index (χ0) is 20.7. The second-order valence-corrected chi connectivity index (χ2v) is 10.4. The molecule has 0 bridgehead atoms. The van der Waals surface area contributed by atoms with Gasteiger partial charge >= 0.3 is 0 Å². The summed E-state index contributed by atoms with van der Waals surface area (Å²) in [5.41, 5.74) is 1.98. The molecular formula is C22H31NO3S. The zero-order valence-corrected chi connectivity index (χ0v) is 18.5. The molecule has 4 nitrogen and oxygen atoms in total. The van der Waals surface area contributed by atoms with Crippen LogP contribution in [0.2, 0.25) is 0 Å². The van der Waals surface area contributed by atoms with Crippen LogP contribution in [0.4, 0.5) is 0 Å². The molecule has 1 unspecified atom stereocenters. The average Bonchev–Trinajstić information content (AvgIpc) is 2.96. The minimum Gasteiger partial charge on any atom is -0.610 e. The average molecular weight is 390 g/mol. The summed E-state index contributed by atoms with van der Waals surface area (Å²) in [6.45, 7) is 14.7. The van der Waals surface area contributed by atoms with Crippen molar-refractivity contribution in [3.8, 4) is 5.75 Å². The molecule has 1 N–H and O–H groups in total. The van der Waals surface area contributed by atoms with Gasteiger partial charge in [0.05, 0.1) is 0 Å². The lowest BCUT2D eigenvalue weighted by Gasteiger charge is -2.28. The Labute approximate surface area is 165 Å². The second-order valence-electron chi connectivity index (χ2n) is 9.06. The maximum Gasteiger partial charge on any atom is 0.225 e. The van der Waals surface area contributed by atoms with Crippen LogP contribution in [0, 0.1) is 0 Å². The Morgan fingerprint density at radius 1 is 1.04 bits per heavy atom. The van der Waals surface area contributed by atoms with E-state index in [0.717, 1.165) is 11.1 Å². The number of hydrogen-bond acceptors (Lipinski definition) is 3. The number of phenolic OH excluding ortho intramolecular Hbond substituents is 1. The smallest absolute Gasteiger partial charge is 0.225 e. The number of benzene rings is 1. The Kier molecular flexibility index (Phi) is 5.88. The first kappa shape index (κ1) is 21.6. The van der Waals surface area contributed by atoms with E-state index in [1.54, 1.807) is 30.7 Å². The van der Waals surface area contributed by atoms with Gasteiger partial charge in [0, 0.05) is 41.1 Å². The van der Waals surface area contributed by atoms with Crippen LogP contribution in [0.3, 0.4) is 0 Å². The molecule has 0 amide bonds. The summed E-state index contributed by atoms with van der Waals surface area (Å²) in [5.74, 6) is 0.137. The summed E-state index contributed by atoms with van der Waals surface area (Å²) in [4.78, 5) is 13.2. The lowest BCUT2D eigenvalue weighted by molar-refractivity contribution is 0.103. The third kappa shape index (κ3) is 4.41. The molecule has 0 aliphatic carbocycles. The van der Waals surface area contributed by atoms with Gasteiger partial charge in [0.25, 0.3) is 0 Å². The normalized spacial score (nSPS) is 13.7. The minimum atomic E-state index is -1.16. The Hall–Kier alpha value is -1.72. The van der Waals surface area contributed by atoms with Crippen LogP contribution in [0.15, 0.2) is 29.4 Å². The van der Waals surface area contributed by atoms with Crippen LogP contribution in [-0.4, -0.2) is 26.3 Å². The molecule has 0 spiro atoms. The molecule has 0 saturated carbocycles. The van der Waals surface area contributed by atoms with Gasteiger partial charge in [-0.25, -0.2) is 0 Å². The van der Waals surface area contributed by atoms with Crippen LogP contribution < -0.4 is 0 Å². The van der Waals surface area contributed by atoms with E-state index in [1.807, 2.05) is 53.0 Å². The number of carbonyl (C=O) groups excluding carboxylic acids is 1. The third-order valence-corrected chi connectivity index (χ3v) is 5.68. The molecule has 1 atom stereocenters. The Bertz CT molecular complexity index is 816. The first-order valence-electron chi connectivity index (χ1n) is 9.23. The first-order chi connectivity index (χ1) is 12.3. The van der Waals surface area contributed by atoms with Crippen molar-refractivity contribution in [2.24, 2.45) is 0 Å². The quantitative estimate of drug-likeness (QED) is 0.605. The van der Waals surface area contributed by atoms with Gasteiger partial charge in [-0.05, 0) is 41.1 Å². The van der Waals surface area contributed by atoms with Crippen molar-refractivity contribution in [3.63, 3.8) is 0 Å². The molecule has 0 aliphatic rings. The van der Waals surface area contributed by atoms with E-state index in [9.17, 15) is 14.5 Å². The molecule has 2 rings (SSSR count). The summed E-state index contributed by atoms with van der Waals surface area (Å²) in [6, 6.07) is 5.29. The van der Waals surface area contributed by atoms with Crippen molar-refractivity contribution in [2.45, 2.75) is 70.9 Å². The van der Waals surface area contributed by atoms with Crippen molar-refractivity contribution < 1.29 is 14.5 Å². The molecule has 5 heteroatoms. The number of aromatic hydroxyl groups is 1. The monoisotopic (exact) mass is 389 g/mol. The summed E-state index contributed by atoms with van der Waals surface area (Å²) >= 11 is -1.16. The van der Waals surface area contributed by atoms with E-state index in [2.05, 4.69) is 0 Å². The van der Waals surface area contributed by atoms with Gasteiger partial charge in [-0.15, -0.1) is 0 Å². The molecule has 1 aromatic heterocycles. The lowest BCUT2D eigenvalue weighted by Crippen LogP contribution is -2.19. The fraction of sp³-hybridized carbons (Fsp3) is 0.500. The number of phenols is 1. The highest BCUT2D eigenvalue weighted by atomic mass is 32.2. The number of aryl methyl sites for hydroxylation is 1. The van der Waals surface area contributed by atoms with Gasteiger partial charge in [0.15, 0.2) is 5.78 Å². The van der Waals surface area contributed by atoms with Crippen molar-refractivity contribution in [3.05, 3.63) is 46.6 Å². The molecule has 27 heavy (non-hydrogen) atoms. The number of nitrogens with zero attached hydrogens (tertiary/aromatic N) is 1. The highest BCUT2D eigenvalue weighted by molar-refractivity contribution is 7.90. The number of aromatic nitrogens is 1. The topological polar surface area (TPSA) is 65.3 Å². The van der Waals surface area contributed by atoms with Gasteiger partial charge < -0.3 is 14.2 Å². The molecule has 148 valence electrons. The molecular weight excluding hydrogens is 358 g/mol. The number of ketones is 1. The van der Waals surface area contributed by atoms with Crippen LogP contribution >= 0.6 is 0 Å². The summed E-state index contributed by atoms with van der Waals surface area (Å²) in [7, 11) is 0. The predicted molar refractivity (Wildman–Crippen MR) is 111 cm³/mol. The van der Waals surface area contributed by atoms with Crippen LogP contribution in [0.5, 0.6) is 5.75 Å². The molecule has 2 aromatic rings. The van der Waals surface area contributed by atoms with Crippen LogP contribution in [0.25, 0.3) is 0 Å². The van der Waals surface area contributed by atoms with Crippen LogP contribution in [0.1, 0.15) is 75.5 Å². The molecule has 1 heterocycles. The summed E-state index contributed by atoms with van der Waals surface area (Å²) in [6.07, 6.45) is 3.38. The van der Waals surface area contributed by atoms with Crippen LogP contribution in [-0.2, 0) is 28.6 Å². The van der Waals surface area contributed by atoms with Gasteiger partial charge in [0.1, 0.15) is 12.0 Å². The molecule has 0 radical (unpaired) electrons. The van der Waals surface area contributed by atoms with Gasteiger partial charge in [0.2, 0.25) is 5.03 Å². The largest absolute Gasteiger partial charge is 0.610 e. The lowest BCUT2D eigenvalue weighted by atomic mass is 9.78. The second kappa shape index (κ2) is 7.36. The summed E-state index contributed by atoms with van der Waals surface area (Å²) < 4.78 is 13.8. The zero-order valence-electron chi connectivity index (χ0n) is 17.6. The number of hydrogen-bond donors (Lipinski definition) is 1. The van der Waals surface area contributed by atoms with Gasteiger partial charge in [-0.2, -0.15) is 0 Å². The molecule has 0 fully saturated rings. The Balaban J connectivity index is 2.66. The van der Waals surface area contributed by atoms with E-state index in [-0.39, 0.29) is 22.4 Å². The van der Waals surface area contributed by atoms with E-state index in [0.29, 0.717) is 22.7 Å². The third-order valence-electron chi connectivity index (χ3n) is 4.74. The number of carbonyl (C=O) groups is 1. The maximum absolute atomic E-state index is 13.2. The van der Waals surface area contributed by atoms with E-state index >= 15 is 0 Å². The standard InChI is InChI=1S/C22H31NO3S/c1-9-23-13-15(12-18(23)27(8)26)19(24)14-10-16(21(2,3)4)20(25)17(11-14)22(5,6)7/h10-13,25H,9H2,1-8H3. The minimum absolute atomic E-state index is 0.120. The fourth-order valence-corrected chi connectivity index (χ4v) is 3.98. The Morgan fingerprint density at radius 3 is 1.85 bits per heavy atom. The predicted octanol–water partition coefficient (Wildman–Crippen LogP) is 4.78. The molecule has 0 aliphatic heterocycles. The van der Waals surface area contributed by atoms with E-state index in [4.69, 9.17) is 0 Å². The van der Waals surface area contributed by atoms with Gasteiger partial charge in [-0.3, -0.25) is 4.79 Å². The van der Waals surface area contributed by atoms with E-state index < -0.39 is 11.2 Å². The van der Waals surface area contributed by atoms with Crippen molar-refractivity contribution >= 4 is 17.0 Å². The maximum atomic E-state index is 13.2.